The SMILES string of the molecule is COC(=O)c1ccc(N2Cc3cc(C)c(C)cc3C2)cc1. The van der Waals surface area contributed by atoms with Gasteiger partial charge < -0.3 is 9.64 Å². The van der Waals surface area contributed by atoms with E-state index in [1.54, 1.807) is 0 Å². The Hall–Kier alpha value is -2.29. The minimum atomic E-state index is -0.294. The van der Waals surface area contributed by atoms with Crippen molar-refractivity contribution in [3.05, 3.63) is 64.2 Å². The minimum absolute atomic E-state index is 0.294. The molecule has 0 saturated heterocycles. The maximum Gasteiger partial charge on any atom is 0.337 e. The van der Waals surface area contributed by atoms with E-state index in [0.717, 1.165) is 18.8 Å². The molecule has 0 atom stereocenters. The van der Waals surface area contributed by atoms with Crippen molar-refractivity contribution in [2.75, 3.05) is 12.0 Å². The second-order valence-electron chi connectivity index (χ2n) is 5.60. The topological polar surface area (TPSA) is 29.5 Å². The van der Waals surface area contributed by atoms with Gasteiger partial charge in [-0.25, -0.2) is 4.79 Å². The molecule has 0 unspecified atom stereocenters. The van der Waals surface area contributed by atoms with E-state index in [4.69, 9.17) is 4.74 Å². The molecular formula is C18H19NO2. The summed E-state index contributed by atoms with van der Waals surface area (Å²) >= 11 is 0. The Morgan fingerprint density at radius 2 is 1.52 bits per heavy atom. The van der Waals surface area contributed by atoms with Crippen molar-refractivity contribution in [1.82, 2.24) is 0 Å². The van der Waals surface area contributed by atoms with Gasteiger partial charge in [0.25, 0.3) is 0 Å². The molecule has 0 fully saturated rings. The molecule has 0 N–H and O–H groups in total. The van der Waals surface area contributed by atoms with Crippen LogP contribution in [0.25, 0.3) is 0 Å². The first-order valence-corrected chi connectivity index (χ1v) is 7.11. The van der Waals surface area contributed by atoms with E-state index in [0.29, 0.717) is 5.56 Å². The number of nitrogens with zero attached hydrogens (tertiary/aromatic N) is 1. The third-order valence-electron chi connectivity index (χ3n) is 4.19. The quantitative estimate of drug-likeness (QED) is 0.788. The second kappa shape index (κ2) is 5.24. The van der Waals surface area contributed by atoms with Crippen LogP contribution in [0.15, 0.2) is 36.4 Å². The van der Waals surface area contributed by atoms with Crippen LogP contribution in [0.3, 0.4) is 0 Å². The van der Waals surface area contributed by atoms with E-state index in [-0.39, 0.29) is 5.97 Å². The maximum atomic E-state index is 11.5. The average Bonchev–Trinajstić information content (AvgIpc) is 2.90. The molecule has 0 aromatic heterocycles. The van der Waals surface area contributed by atoms with Crippen LogP contribution in [0.2, 0.25) is 0 Å². The summed E-state index contributed by atoms with van der Waals surface area (Å²) in [6, 6.07) is 12.2. The number of benzene rings is 2. The number of carbonyl (C=O) groups is 1. The number of rotatable bonds is 2. The lowest BCUT2D eigenvalue weighted by molar-refractivity contribution is 0.0601. The highest BCUT2D eigenvalue weighted by molar-refractivity contribution is 5.89. The van der Waals surface area contributed by atoms with Gasteiger partial charge in [0.05, 0.1) is 12.7 Å². The van der Waals surface area contributed by atoms with Crippen LogP contribution in [-0.2, 0) is 17.8 Å². The van der Waals surface area contributed by atoms with E-state index >= 15 is 0 Å². The molecule has 2 aromatic rings. The molecule has 0 spiro atoms. The number of esters is 1. The number of aryl methyl sites for hydroxylation is 2. The van der Waals surface area contributed by atoms with Crippen LogP contribution in [0.1, 0.15) is 32.6 Å². The molecule has 3 rings (SSSR count). The zero-order valence-electron chi connectivity index (χ0n) is 12.6. The van der Waals surface area contributed by atoms with Gasteiger partial charge in [-0.15, -0.1) is 0 Å². The van der Waals surface area contributed by atoms with Gasteiger partial charge in [-0.3, -0.25) is 0 Å². The highest BCUT2D eigenvalue weighted by atomic mass is 16.5. The molecule has 1 heterocycles. The molecule has 3 nitrogen and oxygen atoms in total. The fraction of sp³-hybridized carbons (Fsp3) is 0.278. The summed E-state index contributed by atoms with van der Waals surface area (Å²) in [7, 11) is 1.40. The van der Waals surface area contributed by atoms with E-state index < -0.39 is 0 Å². The first kappa shape index (κ1) is 13.7. The number of hydrogen-bond donors (Lipinski definition) is 0. The van der Waals surface area contributed by atoms with Crippen LogP contribution in [-0.4, -0.2) is 13.1 Å². The van der Waals surface area contributed by atoms with Gasteiger partial charge in [0, 0.05) is 18.8 Å². The van der Waals surface area contributed by atoms with Crippen LogP contribution >= 0.6 is 0 Å². The Morgan fingerprint density at radius 1 is 1.00 bits per heavy atom. The van der Waals surface area contributed by atoms with Crippen LogP contribution in [0.5, 0.6) is 0 Å². The Kier molecular flexibility index (Phi) is 3.42. The molecule has 3 heteroatoms. The minimum Gasteiger partial charge on any atom is -0.465 e. The fourth-order valence-corrected chi connectivity index (χ4v) is 2.81. The van der Waals surface area contributed by atoms with Gasteiger partial charge in [-0.2, -0.15) is 0 Å². The highest BCUT2D eigenvalue weighted by Crippen LogP contribution is 2.30. The number of hydrogen-bond acceptors (Lipinski definition) is 3. The first-order chi connectivity index (χ1) is 10.1. The van der Waals surface area contributed by atoms with E-state index in [1.807, 2.05) is 24.3 Å². The molecule has 108 valence electrons. The summed E-state index contributed by atoms with van der Waals surface area (Å²) in [5, 5.41) is 0. The number of fused-ring (bicyclic) bond motifs is 1. The lowest BCUT2D eigenvalue weighted by Gasteiger charge is -2.17. The van der Waals surface area contributed by atoms with E-state index in [9.17, 15) is 4.79 Å². The highest BCUT2D eigenvalue weighted by Gasteiger charge is 2.20. The summed E-state index contributed by atoms with van der Waals surface area (Å²) in [6.07, 6.45) is 0. The lowest BCUT2D eigenvalue weighted by atomic mass is 10.0. The zero-order valence-corrected chi connectivity index (χ0v) is 12.6. The molecule has 0 bridgehead atoms. The number of carbonyl (C=O) groups excluding carboxylic acids is 1. The predicted molar refractivity (Wildman–Crippen MR) is 83.6 cm³/mol. The van der Waals surface area contributed by atoms with Crippen molar-refractivity contribution >= 4 is 11.7 Å². The van der Waals surface area contributed by atoms with Gasteiger partial charge in [0.15, 0.2) is 0 Å². The van der Waals surface area contributed by atoms with Crippen LogP contribution in [0.4, 0.5) is 5.69 Å². The Labute approximate surface area is 125 Å². The molecule has 0 saturated carbocycles. The first-order valence-electron chi connectivity index (χ1n) is 7.11. The van der Waals surface area contributed by atoms with E-state index in [1.165, 1.54) is 29.4 Å². The standard InChI is InChI=1S/C18H19NO2/c1-12-8-15-10-19(11-16(15)9-13(12)2)17-6-4-14(5-7-17)18(20)21-3/h4-9H,10-11H2,1-3H3. The molecular weight excluding hydrogens is 262 g/mol. The molecule has 2 aromatic carbocycles. The third-order valence-corrected chi connectivity index (χ3v) is 4.19. The van der Waals surface area contributed by atoms with Crippen molar-refractivity contribution < 1.29 is 9.53 Å². The molecule has 0 amide bonds. The Bertz CT molecular complexity index is 658. The second-order valence-corrected chi connectivity index (χ2v) is 5.60. The van der Waals surface area contributed by atoms with Gasteiger partial charge in [0.2, 0.25) is 0 Å². The monoisotopic (exact) mass is 281 g/mol. The van der Waals surface area contributed by atoms with Crippen LogP contribution in [0, 0.1) is 13.8 Å². The Balaban J connectivity index is 1.82. The molecule has 0 radical (unpaired) electrons. The van der Waals surface area contributed by atoms with Crippen molar-refractivity contribution in [2.45, 2.75) is 26.9 Å². The van der Waals surface area contributed by atoms with Crippen LogP contribution < -0.4 is 4.90 Å². The van der Waals surface area contributed by atoms with Gasteiger partial charge in [-0.05, 0) is 60.4 Å². The zero-order chi connectivity index (χ0) is 15.0. The summed E-state index contributed by atoms with van der Waals surface area (Å²) in [5.74, 6) is -0.294. The molecule has 1 aliphatic rings. The number of ether oxygens (including phenoxy) is 1. The number of anilines is 1. The molecule has 1 aliphatic heterocycles. The number of methoxy groups -OCH3 is 1. The van der Waals surface area contributed by atoms with Crippen molar-refractivity contribution in [1.29, 1.82) is 0 Å². The molecule has 0 aliphatic carbocycles. The largest absolute Gasteiger partial charge is 0.465 e. The Morgan fingerprint density at radius 3 is 2.00 bits per heavy atom. The summed E-state index contributed by atoms with van der Waals surface area (Å²) in [5.41, 5.74) is 7.21. The average molecular weight is 281 g/mol. The van der Waals surface area contributed by atoms with Crippen molar-refractivity contribution in [2.24, 2.45) is 0 Å². The summed E-state index contributed by atoms with van der Waals surface area (Å²) in [6.45, 7) is 6.16. The normalized spacial score (nSPS) is 13.2. The van der Waals surface area contributed by atoms with Crippen molar-refractivity contribution in [3.8, 4) is 0 Å². The van der Waals surface area contributed by atoms with Gasteiger partial charge in [-0.1, -0.05) is 12.1 Å². The molecule has 21 heavy (non-hydrogen) atoms. The van der Waals surface area contributed by atoms with Gasteiger partial charge in [0.1, 0.15) is 0 Å². The third kappa shape index (κ3) is 2.51. The van der Waals surface area contributed by atoms with Gasteiger partial charge >= 0.3 is 5.97 Å². The summed E-state index contributed by atoms with van der Waals surface area (Å²) in [4.78, 5) is 13.8. The smallest absolute Gasteiger partial charge is 0.337 e. The van der Waals surface area contributed by atoms with Crippen molar-refractivity contribution in [3.63, 3.8) is 0 Å². The fourth-order valence-electron chi connectivity index (χ4n) is 2.81. The summed E-state index contributed by atoms with van der Waals surface area (Å²) < 4.78 is 4.73. The lowest BCUT2D eigenvalue weighted by Crippen LogP contribution is -2.14. The maximum absolute atomic E-state index is 11.5. The van der Waals surface area contributed by atoms with E-state index in [2.05, 4.69) is 30.9 Å². The predicted octanol–water partition coefficient (Wildman–Crippen LogP) is 3.61.